The minimum atomic E-state index is -4.51. The summed E-state index contributed by atoms with van der Waals surface area (Å²) in [4.78, 5) is 44.7. The summed E-state index contributed by atoms with van der Waals surface area (Å²) in [7, 11) is -4.51. The third-order valence-electron chi connectivity index (χ3n) is 1.47. The average molecular weight is 324 g/mol. The fraction of sp³-hybridized carbons (Fsp3) is 0.600. The molecule has 0 unspecified atom stereocenters. The van der Waals surface area contributed by atoms with E-state index in [0.717, 1.165) is 20.8 Å². The van der Waals surface area contributed by atoms with Gasteiger partial charge >= 0.3 is 15.0 Å². The van der Waals surface area contributed by atoms with E-state index in [-0.39, 0.29) is 5.75 Å². The van der Waals surface area contributed by atoms with Crippen molar-refractivity contribution in [1.29, 1.82) is 0 Å². The number of rotatable bonds is 7. The predicted molar refractivity (Wildman–Crippen MR) is 70.1 cm³/mol. The molecule has 0 amide bonds. The molecule has 0 aromatic carbocycles. The number of carbonyl (C=O) groups excluding carboxylic acids is 4. The van der Waals surface area contributed by atoms with Crippen LogP contribution < -0.4 is 0 Å². The Hall–Kier alpha value is -1.55. The molecular weight excluding hydrogens is 308 g/mol. The molecule has 0 fully saturated rings. The molecule has 20 heavy (non-hydrogen) atoms. The Morgan fingerprint density at radius 2 is 1.25 bits per heavy atom. The highest BCUT2D eigenvalue weighted by Gasteiger charge is 2.61. The Bertz CT molecular complexity index is 356. The van der Waals surface area contributed by atoms with Crippen LogP contribution >= 0.6 is 11.8 Å². The van der Waals surface area contributed by atoms with Crippen molar-refractivity contribution >= 4 is 44.7 Å². The summed E-state index contributed by atoms with van der Waals surface area (Å²) in [6.07, 6.45) is 0. The van der Waals surface area contributed by atoms with Crippen LogP contribution in [0.2, 0.25) is 0 Å². The number of hydrogen-bond acceptors (Lipinski definition) is 9. The van der Waals surface area contributed by atoms with Crippen LogP contribution in [0.5, 0.6) is 0 Å². The maximum absolute atomic E-state index is 11.6. The van der Waals surface area contributed by atoms with Crippen molar-refractivity contribution in [2.45, 2.75) is 27.7 Å². The van der Waals surface area contributed by atoms with Crippen molar-refractivity contribution in [1.82, 2.24) is 0 Å². The number of carbonyl (C=O) groups is 4. The first-order valence-corrected chi connectivity index (χ1v) is 8.38. The zero-order chi connectivity index (χ0) is 15.8. The van der Waals surface area contributed by atoms with Gasteiger partial charge in [-0.2, -0.15) is 11.8 Å². The maximum Gasteiger partial charge on any atom is 0.974 e. The van der Waals surface area contributed by atoms with Gasteiger partial charge in [0, 0.05) is 20.8 Å². The van der Waals surface area contributed by atoms with E-state index in [1.807, 2.05) is 6.92 Å². The van der Waals surface area contributed by atoms with Gasteiger partial charge in [0.15, 0.2) is 0 Å². The summed E-state index contributed by atoms with van der Waals surface area (Å²) in [6.45, 7) is 4.84. The zero-order valence-corrected chi connectivity index (χ0v) is 13.4. The molecule has 0 aliphatic carbocycles. The second-order valence-electron chi connectivity index (χ2n) is 3.39. The summed E-state index contributed by atoms with van der Waals surface area (Å²) in [6, 6.07) is 0. The number of thioether (sulfide) groups is 1. The van der Waals surface area contributed by atoms with Crippen LogP contribution in [0.4, 0.5) is 0 Å². The molecule has 114 valence electrons. The SMILES string of the molecule is CCSCC(=O)O[Si](OC(C)=O)(OC(C)=O)OC(C)=O. The van der Waals surface area contributed by atoms with Gasteiger partial charge in [-0.05, 0) is 5.75 Å². The Balaban J connectivity index is 5.13. The second-order valence-corrected chi connectivity index (χ2v) is 6.48. The Morgan fingerprint density at radius 1 is 0.850 bits per heavy atom. The topological polar surface area (TPSA) is 105 Å². The zero-order valence-electron chi connectivity index (χ0n) is 11.6. The van der Waals surface area contributed by atoms with E-state index in [4.69, 9.17) is 4.43 Å². The molecule has 0 heterocycles. The lowest BCUT2D eigenvalue weighted by Crippen LogP contribution is -2.53. The molecule has 0 radical (unpaired) electrons. The maximum atomic E-state index is 11.6. The molecule has 0 aliphatic rings. The fourth-order valence-corrected chi connectivity index (χ4v) is 3.20. The predicted octanol–water partition coefficient (Wildman–Crippen LogP) is 0.408. The van der Waals surface area contributed by atoms with Crippen LogP contribution in [0.15, 0.2) is 0 Å². The normalized spacial score (nSPS) is 10.4. The van der Waals surface area contributed by atoms with Gasteiger partial charge in [-0.15, -0.1) is 0 Å². The summed E-state index contributed by atoms with van der Waals surface area (Å²) in [5.74, 6) is -2.94. The van der Waals surface area contributed by atoms with Gasteiger partial charge in [0.1, 0.15) is 0 Å². The molecule has 0 saturated carbocycles. The molecular formula is C10H16O8SSi. The van der Waals surface area contributed by atoms with Crippen LogP contribution in [0.3, 0.4) is 0 Å². The van der Waals surface area contributed by atoms with Crippen LogP contribution in [-0.4, -0.2) is 44.4 Å². The minimum Gasteiger partial charge on any atom is -0.423 e. The van der Waals surface area contributed by atoms with E-state index in [1.54, 1.807) is 0 Å². The lowest BCUT2D eigenvalue weighted by Gasteiger charge is -2.23. The fourth-order valence-electron chi connectivity index (χ4n) is 1.01. The molecule has 0 spiro atoms. The van der Waals surface area contributed by atoms with Gasteiger partial charge in [-0.3, -0.25) is 19.2 Å². The van der Waals surface area contributed by atoms with E-state index in [0.29, 0.717) is 5.75 Å². The third kappa shape index (κ3) is 7.79. The van der Waals surface area contributed by atoms with Crippen LogP contribution in [0.25, 0.3) is 0 Å². The van der Waals surface area contributed by atoms with Gasteiger partial charge in [-0.1, -0.05) is 6.92 Å². The molecule has 0 aliphatic heterocycles. The summed E-state index contributed by atoms with van der Waals surface area (Å²) < 4.78 is 18.8. The van der Waals surface area contributed by atoms with Gasteiger partial charge in [-0.25, -0.2) is 0 Å². The Labute approximate surface area is 121 Å². The average Bonchev–Trinajstić information content (AvgIpc) is 2.22. The van der Waals surface area contributed by atoms with E-state index in [9.17, 15) is 19.2 Å². The molecule has 0 bridgehead atoms. The standard InChI is InChI=1S/C10H16O8SSi/c1-5-19-6-10(14)18-20(15-7(2)11,16-8(3)12)17-9(4)13/h5-6H2,1-4H3. The first kappa shape index (κ1) is 18.4. The molecule has 0 aromatic rings. The van der Waals surface area contributed by atoms with Gasteiger partial charge < -0.3 is 17.7 Å². The van der Waals surface area contributed by atoms with Crippen LogP contribution in [0, 0.1) is 0 Å². The Morgan fingerprint density at radius 3 is 1.55 bits per heavy atom. The first-order chi connectivity index (χ1) is 9.20. The smallest absolute Gasteiger partial charge is 0.423 e. The summed E-state index contributed by atoms with van der Waals surface area (Å²) in [5, 5.41) is 0. The summed E-state index contributed by atoms with van der Waals surface area (Å²) in [5.41, 5.74) is 0. The van der Waals surface area contributed by atoms with Crippen LogP contribution in [0.1, 0.15) is 27.7 Å². The second kappa shape index (κ2) is 8.58. The van der Waals surface area contributed by atoms with E-state index in [2.05, 4.69) is 13.3 Å². The largest absolute Gasteiger partial charge is 0.974 e. The quantitative estimate of drug-likeness (QED) is 0.615. The minimum absolute atomic E-state index is 0.0605. The van der Waals surface area contributed by atoms with Crippen molar-refractivity contribution < 1.29 is 36.9 Å². The monoisotopic (exact) mass is 324 g/mol. The highest BCUT2D eigenvalue weighted by atomic mass is 32.2. The van der Waals surface area contributed by atoms with Gasteiger partial charge in [0.2, 0.25) is 0 Å². The summed E-state index contributed by atoms with van der Waals surface area (Å²) >= 11 is 1.24. The van der Waals surface area contributed by atoms with E-state index in [1.165, 1.54) is 11.8 Å². The first-order valence-electron chi connectivity index (χ1n) is 5.59. The molecule has 0 N–H and O–H groups in total. The highest BCUT2D eigenvalue weighted by Crippen LogP contribution is 2.15. The molecule has 8 nitrogen and oxygen atoms in total. The molecule has 0 saturated heterocycles. The third-order valence-corrected chi connectivity index (χ3v) is 4.41. The van der Waals surface area contributed by atoms with Crippen molar-refractivity contribution in [2.24, 2.45) is 0 Å². The Kier molecular flexibility index (Phi) is 7.92. The lowest BCUT2D eigenvalue weighted by molar-refractivity contribution is -0.159. The van der Waals surface area contributed by atoms with E-state index < -0.39 is 32.9 Å². The van der Waals surface area contributed by atoms with Gasteiger partial charge in [0.25, 0.3) is 17.9 Å². The van der Waals surface area contributed by atoms with Crippen molar-refractivity contribution in [3.05, 3.63) is 0 Å². The highest BCUT2D eigenvalue weighted by molar-refractivity contribution is 7.99. The van der Waals surface area contributed by atoms with Crippen molar-refractivity contribution in [2.75, 3.05) is 11.5 Å². The van der Waals surface area contributed by atoms with Crippen LogP contribution in [-0.2, 0) is 36.9 Å². The molecule has 10 heteroatoms. The van der Waals surface area contributed by atoms with Gasteiger partial charge in [0.05, 0.1) is 5.75 Å². The number of hydrogen-bond donors (Lipinski definition) is 0. The van der Waals surface area contributed by atoms with Crippen molar-refractivity contribution in [3.8, 4) is 0 Å². The molecule has 0 aromatic heterocycles. The molecule has 0 atom stereocenters. The molecule has 0 rings (SSSR count). The van der Waals surface area contributed by atoms with Crippen molar-refractivity contribution in [3.63, 3.8) is 0 Å². The lowest BCUT2D eigenvalue weighted by atomic mass is 10.8. The van der Waals surface area contributed by atoms with E-state index >= 15 is 0 Å².